The van der Waals surface area contributed by atoms with Crippen LogP contribution in [-0.2, 0) is 9.31 Å². The molecule has 1 aromatic rings. The lowest BCUT2D eigenvalue weighted by Crippen LogP contribution is -2.41. The van der Waals surface area contributed by atoms with Gasteiger partial charge >= 0.3 is 7.12 Å². The van der Waals surface area contributed by atoms with E-state index in [1.807, 2.05) is 46.8 Å². The second-order valence-electron chi connectivity index (χ2n) is 5.93. The average Bonchev–Trinajstić information content (AvgIpc) is 2.50. The van der Waals surface area contributed by atoms with E-state index in [1.54, 1.807) is 7.11 Å². The van der Waals surface area contributed by atoms with E-state index in [0.29, 0.717) is 10.8 Å². The van der Waals surface area contributed by atoms with Gasteiger partial charge in [0, 0.05) is 0 Å². The minimum Gasteiger partial charge on any atom is -0.495 e. The molecule has 5 heteroatoms. The van der Waals surface area contributed by atoms with Gasteiger partial charge in [-0.1, -0.05) is 11.6 Å². The van der Waals surface area contributed by atoms with Gasteiger partial charge in [-0.25, -0.2) is 0 Å². The fourth-order valence-electron chi connectivity index (χ4n) is 2.05. The molecule has 0 atom stereocenters. The van der Waals surface area contributed by atoms with E-state index in [-0.39, 0.29) is 11.2 Å². The van der Waals surface area contributed by atoms with Crippen LogP contribution in [0.5, 0.6) is 5.75 Å². The molecule has 1 aliphatic heterocycles. The Morgan fingerprint density at radius 2 is 1.63 bits per heavy atom. The number of hydrogen-bond acceptors (Lipinski definition) is 3. The molecule has 0 amide bonds. The smallest absolute Gasteiger partial charge is 0.495 e. The van der Waals surface area contributed by atoms with Gasteiger partial charge in [-0.3, -0.25) is 0 Å². The normalized spacial score (nSPS) is 20.7. The van der Waals surface area contributed by atoms with Crippen molar-refractivity contribution in [2.24, 2.45) is 0 Å². The maximum atomic E-state index is 6.19. The maximum Gasteiger partial charge on any atom is 0.495 e. The first-order chi connectivity index (χ1) is 8.68. The summed E-state index contributed by atoms with van der Waals surface area (Å²) in [5.41, 5.74) is 1.29. The van der Waals surface area contributed by atoms with E-state index < -0.39 is 7.12 Å². The lowest BCUT2D eigenvalue weighted by atomic mass is 9.76. The summed E-state index contributed by atoms with van der Waals surface area (Å²) in [6, 6.07) is 3.76. The zero-order chi connectivity index (χ0) is 14.4. The van der Waals surface area contributed by atoms with Crippen LogP contribution in [0.2, 0.25) is 5.02 Å². The Morgan fingerprint density at radius 1 is 1.11 bits per heavy atom. The van der Waals surface area contributed by atoms with Crippen LogP contribution in [0.15, 0.2) is 12.1 Å². The monoisotopic (exact) mass is 282 g/mol. The van der Waals surface area contributed by atoms with Crippen LogP contribution in [0.3, 0.4) is 0 Å². The molecule has 19 heavy (non-hydrogen) atoms. The van der Waals surface area contributed by atoms with Gasteiger partial charge in [0.05, 0.1) is 23.3 Å². The second kappa shape index (κ2) is 4.69. The molecule has 1 saturated heterocycles. The van der Waals surface area contributed by atoms with Crippen LogP contribution < -0.4 is 10.2 Å². The van der Waals surface area contributed by atoms with E-state index in [4.69, 9.17) is 25.6 Å². The van der Waals surface area contributed by atoms with Crippen LogP contribution >= 0.6 is 11.6 Å². The van der Waals surface area contributed by atoms with Gasteiger partial charge in [-0.2, -0.15) is 0 Å². The molecule has 0 aliphatic carbocycles. The molecule has 0 aromatic heterocycles. The topological polar surface area (TPSA) is 27.7 Å². The number of aryl methyl sites for hydroxylation is 1. The van der Waals surface area contributed by atoms with Crippen molar-refractivity contribution in [2.45, 2.75) is 45.8 Å². The Kier molecular flexibility index (Phi) is 3.63. The molecule has 1 heterocycles. The molecular formula is C14H20BClO3. The predicted octanol–water partition coefficient (Wildman–Crippen LogP) is 2.96. The van der Waals surface area contributed by atoms with Crippen LogP contribution in [-0.4, -0.2) is 25.4 Å². The summed E-state index contributed by atoms with van der Waals surface area (Å²) in [6.07, 6.45) is 0. The van der Waals surface area contributed by atoms with E-state index >= 15 is 0 Å². The van der Waals surface area contributed by atoms with Crippen molar-refractivity contribution in [3.8, 4) is 5.75 Å². The third-order valence-electron chi connectivity index (χ3n) is 4.05. The third kappa shape index (κ3) is 2.49. The van der Waals surface area contributed by atoms with Gasteiger partial charge in [0.25, 0.3) is 0 Å². The standard InChI is InChI=1S/C14H20BClO3/c1-9-7-12(17-6)11(16)8-10(9)15-18-13(2,3)14(4,5)19-15/h7-8H,1-6H3. The first kappa shape index (κ1) is 14.7. The third-order valence-corrected chi connectivity index (χ3v) is 4.34. The molecule has 1 aliphatic rings. The fourth-order valence-corrected chi connectivity index (χ4v) is 2.30. The highest BCUT2D eigenvalue weighted by atomic mass is 35.5. The van der Waals surface area contributed by atoms with Crippen LogP contribution in [0, 0.1) is 6.92 Å². The summed E-state index contributed by atoms with van der Waals surface area (Å²) in [6.45, 7) is 10.1. The van der Waals surface area contributed by atoms with Gasteiger partial charge in [0.15, 0.2) is 0 Å². The summed E-state index contributed by atoms with van der Waals surface area (Å²) in [4.78, 5) is 0. The SMILES string of the molecule is COc1cc(C)c(B2OC(C)(C)C(C)(C)O2)cc1Cl. The highest BCUT2D eigenvalue weighted by Gasteiger charge is 2.52. The van der Waals surface area contributed by atoms with Crippen molar-refractivity contribution in [3.05, 3.63) is 22.7 Å². The number of methoxy groups -OCH3 is 1. The van der Waals surface area contributed by atoms with Crippen molar-refractivity contribution >= 4 is 24.2 Å². The second-order valence-corrected chi connectivity index (χ2v) is 6.34. The lowest BCUT2D eigenvalue weighted by molar-refractivity contribution is 0.00578. The minimum absolute atomic E-state index is 0.351. The number of halogens is 1. The molecule has 3 nitrogen and oxygen atoms in total. The average molecular weight is 283 g/mol. The molecule has 0 unspecified atom stereocenters. The molecule has 0 spiro atoms. The summed E-state index contributed by atoms with van der Waals surface area (Å²) >= 11 is 6.19. The first-order valence-corrected chi connectivity index (χ1v) is 6.75. The van der Waals surface area contributed by atoms with Crippen LogP contribution in [0.4, 0.5) is 0 Å². The molecule has 0 radical (unpaired) electrons. The van der Waals surface area contributed by atoms with Crippen molar-refractivity contribution < 1.29 is 14.0 Å². The molecular weight excluding hydrogens is 262 g/mol. The number of benzene rings is 1. The Hall–Kier alpha value is -0.705. The Bertz CT molecular complexity index is 484. The van der Waals surface area contributed by atoms with Crippen LogP contribution in [0.1, 0.15) is 33.3 Å². The van der Waals surface area contributed by atoms with Crippen molar-refractivity contribution in [1.82, 2.24) is 0 Å². The zero-order valence-electron chi connectivity index (χ0n) is 12.3. The van der Waals surface area contributed by atoms with Crippen LogP contribution in [0.25, 0.3) is 0 Å². The quantitative estimate of drug-likeness (QED) is 0.781. The Morgan fingerprint density at radius 3 is 2.11 bits per heavy atom. The van der Waals surface area contributed by atoms with Gasteiger partial charge in [0.1, 0.15) is 5.75 Å². The van der Waals surface area contributed by atoms with E-state index in [9.17, 15) is 0 Å². The largest absolute Gasteiger partial charge is 0.495 e. The highest BCUT2D eigenvalue weighted by molar-refractivity contribution is 6.63. The maximum absolute atomic E-state index is 6.19. The summed E-state index contributed by atoms with van der Waals surface area (Å²) in [5.74, 6) is 0.666. The highest BCUT2D eigenvalue weighted by Crippen LogP contribution is 2.37. The zero-order valence-corrected chi connectivity index (χ0v) is 13.1. The minimum atomic E-state index is -0.395. The molecule has 0 saturated carbocycles. The van der Waals surface area contributed by atoms with Gasteiger partial charge < -0.3 is 14.0 Å². The summed E-state index contributed by atoms with van der Waals surface area (Å²) in [5, 5.41) is 0.567. The van der Waals surface area contributed by atoms with Crippen molar-refractivity contribution in [3.63, 3.8) is 0 Å². The molecule has 1 aromatic carbocycles. The molecule has 2 rings (SSSR count). The first-order valence-electron chi connectivity index (χ1n) is 6.37. The molecule has 0 bridgehead atoms. The number of rotatable bonds is 2. The molecule has 0 N–H and O–H groups in total. The van der Waals surface area contributed by atoms with Gasteiger partial charge in [-0.05, 0) is 57.8 Å². The number of ether oxygens (including phenoxy) is 1. The lowest BCUT2D eigenvalue weighted by Gasteiger charge is -2.32. The summed E-state index contributed by atoms with van der Waals surface area (Å²) < 4.78 is 17.3. The predicted molar refractivity (Wildman–Crippen MR) is 78.5 cm³/mol. The van der Waals surface area contributed by atoms with E-state index in [1.165, 1.54) is 0 Å². The van der Waals surface area contributed by atoms with E-state index in [2.05, 4.69) is 0 Å². The molecule has 104 valence electrons. The summed E-state index contributed by atoms with van der Waals surface area (Å²) in [7, 11) is 1.21. The molecule has 1 fully saturated rings. The fraction of sp³-hybridized carbons (Fsp3) is 0.571. The van der Waals surface area contributed by atoms with Crippen molar-refractivity contribution in [2.75, 3.05) is 7.11 Å². The Labute approximate surface area is 120 Å². The Balaban J connectivity index is 2.37. The van der Waals surface area contributed by atoms with E-state index in [0.717, 1.165) is 11.0 Å². The van der Waals surface area contributed by atoms with Gasteiger partial charge in [-0.15, -0.1) is 0 Å². The van der Waals surface area contributed by atoms with Gasteiger partial charge in [0.2, 0.25) is 0 Å². The van der Waals surface area contributed by atoms with Crippen molar-refractivity contribution in [1.29, 1.82) is 0 Å². The number of hydrogen-bond donors (Lipinski definition) is 0.